The van der Waals surface area contributed by atoms with Crippen LogP contribution in [0.2, 0.25) is 10.0 Å². The van der Waals surface area contributed by atoms with Crippen LogP contribution in [-0.4, -0.2) is 29.6 Å². The topological polar surface area (TPSA) is 71.3 Å². The van der Waals surface area contributed by atoms with Crippen molar-refractivity contribution in [2.75, 3.05) is 0 Å². The summed E-state index contributed by atoms with van der Waals surface area (Å²) in [6.45, 7) is 2.77. The second-order valence-electron chi connectivity index (χ2n) is 9.05. The predicted octanol–water partition coefficient (Wildman–Crippen LogP) is 6.61. The van der Waals surface area contributed by atoms with E-state index in [2.05, 4.69) is 5.32 Å². The molecule has 1 heterocycles. The number of carbonyl (C=O) groups excluding carboxylic acids is 2. The minimum Gasteiger partial charge on any atom is -0.467 e. The smallest absolute Gasteiger partial charge is 0.425 e. The normalized spacial score (nSPS) is 16.8. The SMILES string of the molecule is CC1(C)CC(=O)C(C(NC(=O)c2ccc(Cl)cc2Cl)(C(F)(F)F)C(F)(F)F)=C(NCc2ccco2)C1. The highest BCUT2D eigenvalue weighted by molar-refractivity contribution is 6.36. The maximum atomic E-state index is 14.5. The molecule has 0 saturated carbocycles. The second-order valence-corrected chi connectivity index (χ2v) is 9.89. The van der Waals surface area contributed by atoms with Crippen molar-refractivity contribution in [2.45, 2.75) is 51.1 Å². The van der Waals surface area contributed by atoms with Gasteiger partial charge in [-0.1, -0.05) is 37.0 Å². The van der Waals surface area contributed by atoms with Gasteiger partial charge in [-0.05, 0) is 42.2 Å². The van der Waals surface area contributed by atoms with Crippen LogP contribution in [0.4, 0.5) is 26.3 Å². The molecule has 1 aromatic heterocycles. The summed E-state index contributed by atoms with van der Waals surface area (Å²) >= 11 is 11.6. The molecule has 3 rings (SSSR count). The van der Waals surface area contributed by atoms with Gasteiger partial charge >= 0.3 is 12.4 Å². The van der Waals surface area contributed by atoms with Crippen LogP contribution in [0.5, 0.6) is 0 Å². The van der Waals surface area contributed by atoms with Gasteiger partial charge in [0.05, 0.1) is 29.0 Å². The fourth-order valence-electron chi connectivity index (χ4n) is 4.07. The Labute approximate surface area is 211 Å². The fraction of sp³-hybridized carbons (Fsp3) is 0.391. The van der Waals surface area contributed by atoms with Gasteiger partial charge in [-0.15, -0.1) is 0 Å². The molecule has 1 aliphatic carbocycles. The Bertz CT molecular complexity index is 1170. The van der Waals surface area contributed by atoms with Crippen molar-refractivity contribution in [1.82, 2.24) is 10.6 Å². The number of rotatable bonds is 6. The lowest BCUT2D eigenvalue weighted by atomic mass is 9.70. The number of carbonyl (C=O) groups is 2. The molecule has 0 spiro atoms. The number of benzene rings is 1. The van der Waals surface area contributed by atoms with Gasteiger partial charge < -0.3 is 15.1 Å². The van der Waals surface area contributed by atoms with Gasteiger partial charge in [0, 0.05) is 17.1 Å². The summed E-state index contributed by atoms with van der Waals surface area (Å²) in [5.41, 5.74) is -8.91. The molecule has 0 fully saturated rings. The number of halogens is 8. The van der Waals surface area contributed by atoms with Crippen LogP contribution in [0.25, 0.3) is 0 Å². The Hall–Kier alpha value is -2.66. The minimum atomic E-state index is -6.16. The first-order valence-corrected chi connectivity index (χ1v) is 11.2. The van der Waals surface area contributed by atoms with Gasteiger partial charge in [-0.25, -0.2) is 0 Å². The molecular weight excluding hydrogens is 537 g/mol. The van der Waals surface area contributed by atoms with Crippen molar-refractivity contribution in [3.05, 3.63) is 69.2 Å². The van der Waals surface area contributed by atoms with E-state index in [1.807, 2.05) is 0 Å². The average molecular weight is 557 g/mol. The molecule has 0 aliphatic heterocycles. The van der Waals surface area contributed by atoms with E-state index in [0.717, 1.165) is 23.5 Å². The Morgan fingerprint density at radius 1 is 1.06 bits per heavy atom. The third-order valence-corrected chi connectivity index (χ3v) is 6.18. The van der Waals surface area contributed by atoms with E-state index < -0.39 is 63.3 Å². The van der Waals surface area contributed by atoms with Gasteiger partial charge in [-0.3, -0.25) is 9.59 Å². The Morgan fingerprint density at radius 3 is 2.22 bits per heavy atom. The lowest BCUT2D eigenvalue weighted by molar-refractivity contribution is -0.290. The average Bonchev–Trinajstić information content (AvgIpc) is 3.21. The predicted molar refractivity (Wildman–Crippen MR) is 119 cm³/mol. The Morgan fingerprint density at radius 2 is 1.69 bits per heavy atom. The third kappa shape index (κ3) is 5.36. The first kappa shape index (κ1) is 27.9. The van der Waals surface area contributed by atoms with Crippen molar-refractivity contribution in [3.63, 3.8) is 0 Å². The lowest BCUT2D eigenvalue weighted by Gasteiger charge is -2.43. The van der Waals surface area contributed by atoms with E-state index >= 15 is 0 Å². The molecule has 0 unspecified atom stereocenters. The molecule has 196 valence electrons. The molecular formula is C23H20Cl2F6N2O3. The highest BCUT2D eigenvalue weighted by Crippen LogP contribution is 2.52. The van der Waals surface area contributed by atoms with Crippen LogP contribution in [0.3, 0.4) is 0 Å². The monoisotopic (exact) mass is 556 g/mol. The first-order chi connectivity index (χ1) is 16.5. The maximum absolute atomic E-state index is 14.5. The van der Waals surface area contributed by atoms with Crippen LogP contribution in [-0.2, 0) is 11.3 Å². The standard InChI is InChI=1S/C23H20Cl2F6N2O3/c1-20(2)9-16(32-11-13-4-3-7-36-13)18(17(34)10-20)21(22(26,27)28,23(29,30)31)33-19(35)14-6-5-12(24)8-15(14)25/h3-8,32H,9-11H2,1-2H3,(H,33,35). The molecule has 0 radical (unpaired) electrons. The van der Waals surface area contributed by atoms with Crippen molar-refractivity contribution >= 4 is 34.9 Å². The van der Waals surface area contributed by atoms with Crippen molar-refractivity contribution in [3.8, 4) is 0 Å². The fourth-order valence-corrected chi connectivity index (χ4v) is 4.57. The third-order valence-electron chi connectivity index (χ3n) is 5.63. The molecule has 1 amide bonds. The molecule has 1 aromatic carbocycles. The van der Waals surface area contributed by atoms with Gasteiger partial charge in [-0.2, -0.15) is 26.3 Å². The number of ketones is 1. The minimum absolute atomic E-state index is 0.00580. The number of allylic oxidation sites excluding steroid dienone is 1. The molecule has 0 bridgehead atoms. The van der Waals surface area contributed by atoms with Crippen LogP contribution >= 0.6 is 23.2 Å². The Balaban J connectivity index is 2.24. The van der Waals surface area contributed by atoms with Gasteiger partial charge in [0.25, 0.3) is 11.4 Å². The summed E-state index contributed by atoms with van der Waals surface area (Å²) in [6.07, 6.45) is -12.0. The summed E-state index contributed by atoms with van der Waals surface area (Å²) in [4.78, 5) is 25.8. The summed E-state index contributed by atoms with van der Waals surface area (Å²) in [7, 11) is 0. The van der Waals surface area contributed by atoms with E-state index in [4.69, 9.17) is 27.6 Å². The molecule has 1 aliphatic rings. The first-order valence-electron chi connectivity index (χ1n) is 10.4. The molecule has 13 heteroatoms. The zero-order valence-electron chi connectivity index (χ0n) is 18.8. The number of nitrogens with one attached hydrogen (secondary N) is 2. The summed E-state index contributed by atoms with van der Waals surface area (Å²) in [5, 5.41) is 3.12. The second kappa shape index (κ2) is 9.66. The molecule has 2 aromatic rings. The molecule has 0 atom stereocenters. The number of hydrogen-bond donors (Lipinski definition) is 2. The van der Waals surface area contributed by atoms with Crippen molar-refractivity contribution in [1.29, 1.82) is 0 Å². The summed E-state index contributed by atoms with van der Waals surface area (Å²) in [6, 6.07) is 5.88. The number of hydrogen-bond acceptors (Lipinski definition) is 4. The van der Waals surface area contributed by atoms with Crippen LogP contribution in [0, 0.1) is 5.41 Å². The van der Waals surface area contributed by atoms with Crippen molar-refractivity contribution < 1.29 is 40.3 Å². The summed E-state index contributed by atoms with van der Waals surface area (Å²) < 4.78 is 92.3. The lowest BCUT2D eigenvalue weighted by Crippen LogP contribution is -2.70. The number of amides is 1. The Kier molecular flexibility index (Phi) is 7.49. The van der Waals surface area contributed by atoms with Gasteiger partial charge in [0.2, 0.25) is 0 Å². The number of alkyl halides is 6. The van der Waals surface area contributed by atoms with Crippen molar-refractivity contribution in [2.24, 2.45) is 5.41 Å². The maximum Gasteiger partial charge on any atom is 0.425 e. The van der Waals surface area contributed by atoms with E-state index in [1.165, 1.54) is 32.2 Å². The molecule has 0 saturated heterocycles. The molecule has 36 heavy (non-hydrogen) atoms. The van der Waals surface area contributed by atoms with Crippen LogP contribution < -0.4 is 10.6 Å². The zero-order valence-corrected chi connectivity index (χ0v) is 20.3. The van der Waals surface area contributed by atoms with E-state index in [0.29, 0.717) is 0 Å². The quantitative estimate of drug-likeness (QED) is 0.392. The summed E-state index contributed by atoms with van der Waals surface area (Å²) in [5.74, 6) is -2.99. The van der Waals surface area contributed by atoms with E-state index in [-0.39, 0.29) is 23.7 Å². The van der Waals surface area contributed by atoms with Crippen LogP contribution in [0.1, 0.15) is 42.8 Å². The largest absolute Gasteiger partial charge is 0.467 e. The number of Topliss-reactive ketones (excluding diaryl/α,β-unsaturated/α-hetero) is 1. The molecule has 5 nitrogen and oxygen atoms in total. The van der Waals surface area contributed by atoms with E-state index in [1.54, 1.807) is 0 Å². The molecule has 2 N–H and O–H groups in total. The highest BCUT2D eigenvalue weighted by atomic mass is 35.5. The van der Waals surface area contributed by atoms with Gasteiger partial charge in [0.1, 0.15) is 5.76 Å². The van der Waals surface area contributed by atoms with E-state index in [9.17, 15) is 35.9 Å². The van der Waals surface area contributed by atoms with Gasteiger partial charge in [0.15, 0.2) is 5.78 Å². The highest BCUT2D eigenvalue weighted by Gasteiger charge is 2.76. The number of furan rings is 1. The zero-order chi connectivity index (χ0) is 27.1. The van der Waals surface area contributed by atoms with Crippen LogP contribution in [0.15, 0.2) is 52.3 Å².